The van der Waals surface area contributed by atoms with E-state index >= 15 is 0 Å². The molecule has 0 unspecified atom stereocenters. The van der Waals surface area contributed by atoms with Crippen molar-refractivity contribution < 1.29 is 0 Å². The van der Waals surface area contributed by atoms with E-state index in [2.05, 4.69) is 144 Å². The summed E-state index contributed by atoms with van der Waals surface area (Å²) in [4.78, 5) is 7.22. The fourth-order valence-electron chi connectivity index (χ4n) is 6.58. The molecule has 9 rings (SSSR count). The summed E-state index contributed by atoms with van der Waals surface area (Å²) in [6.07, 6.45) is 1.90. The summed E-state index contributed by atoms with van der Waals surface area (Å²) in [6, 6.07) is 50.5. The zero-order chi connectivity index (χ0) is 27.6. The minimum absolute atomic E-state index is 1.01. The fraction of sp³-hybridized carbons (Fsp3) is 0. The molecule has 0 amide bonds. The molecule has 196 valence electrons. The molecule has 0 saturated carbocycles. The second kappa shape index (κ2) is 9.13. The van der Waals surface area contributed by atoms with Crippen LogP contribution < -0.4 is 4.90 Å². The van der Waals surface area contributed by atoms with Gasteiger partial charge in [0, 0.05) is 54.1 Å². The van der Waals surface area contributed by atoms with Crippen LogP contribution in [0.2, 0.25) is 0 Å². The highest BCUT2D eigenvalue weighted by Crippen LogP contribution is 2.54. The maximum Gasteiger partial charge on any atom is 0.0780 e. The van der Waals surface area contributed by atoms with Crippen LogP contribution >= 0.6 is 11.3 Å². The molecular formula is C39H24N2S. The van der Waals surface area contributed by atoms with E-state index in [9.17, 15) is 0 Å². The number of thiophene rings is 1. The summed E-state index contributed by atoms with van der Waals surface area (Å²) in [5.74, 6) is 0. The summed E-state index contributed by atoms with van der Waals surface area (Å²) in [7, 11) is 0. The molecule has 2 aromatic heterocycles. The van der Waals surface area contributed by atoms with E-state index in [1.165, 1.54) is 64.6 Å². The SMILES string of the molecule is c1ccc2c(c1)-c1ccccc1N(c1ccc(-c3nccc4ccccc34)cc1)c1ccc3c(sc4ccccc43)c1-2. The largest absolute Gasteiger partial charge is 0.309 e. The van der Waals surface area contributed by atoms with Crippen LogP contribution in [0.5, 0.6) is 0 Å². The van der Waals surface area contributed by atoms with Gasteiger partial charge in [0.2, 0.25) is 0 Å². The third-order valence-corrected chi connectivity index (χ3v) is 9.67. The average Bonchev–Trinajstić information content (AvgIpc) is 3.38. The molecule has 42 heavy (non-hydrogen) atoms. The van der Waals surface area contributed by atoms with Crippen molar-refractivity contribution in [2.45, 2.75) is 0 Å². The molecule has 0 bridgehead atoms. The van der Waals surface area contributed by atoms with Gasteiger partial charge in [0.15, 0.2) is 0 Å². The van der Waals surface area contributed by atoms with Crippen molar-refractivity contribution in [3.05, 3.63) is 146 Å². The summed E-state index contributed by atoms with van der Waals surface area (Å²) < 4.78 is 2.65. The zero-order valence-corrected chi connectivity index (χ0v) is 23.5. The van der Waals surface area contributed by atoms with Crippen molar-refractivity contribution in [1.82, 2.24) is 4.98 Å². The van der Waals surface area contributed by atoms with Crippen LogP contribution in [-0.4, -0.2) is 4.98 Å². The number of rotatable bonds is 2. The van der Waals surface area contributed by atoms with Crippen LogP contribution in [0, 0.1) is 0 Å². The lowest BCUT2D eigenvalue weighted by molar-refractivity contribution is 1.29. The molecule has 1 aliphatic rings. The maximum atomic E-state index is 4.78. The van der Waals surface area contributed by atoms with E-state index in [-0.39, 0.29) is 0 Å². The molecule has 1 aliphatic heterocycles. The lowest BCUT2D eigenvalue weighted by atomic mass is 9.94. The van der Waals surface area contributed by atoms with Crippen LogP contribution in [0.4, 0.5) is 17.1 Å². The van der Waals surface area contributed by atoms with Gasteiger partial charge in [0.1, 0.15) is 0 Å². The molecule has 0 N–H and O–H groups in total. The third-order valence-electron chi connectivity index (χ3n) is 8.47. The van der Waals surface area contributed by atoms with Gasteiger partial charge >= 0.3 is 0 Å². The number of hydrogen-bond donors (Lipinski definition) is 0. The fourth-order valence-corrected chi connectivity index (χ4v) is 7.84. The molecule has 0 saturated heterocycles. The summed E-state index contributed by atoms with van der Waals surface area (Å²) in [6.45, 7) is 0. The maximum absolute atomic E-state index is 4.78. The highest BCUT2D eigenvalue weighted by molar-refractivity contribution is 7.26. The Labute approximate surface area is 247 Å². The van der Waals surface area contributed by atoms with E-state index in [1.54, 1.807) is 0 Å². The van der Waals surface area contributed by atoms with Crippen LogP contribution in [0.3, 0.4) is 0 Å². The number of aromatic nitrogens is 1. The van der Waals surface area contributed by atoms with Gasteiger partial charge < -0.3 is 4.90 Å². The molecule has 0 radical (unpaired) electrons. The Morgan fingerprint density at radius 2 is 1.21 bits per heavy atom. The molecule has 3 heterocycles. The first-order valence-electron chi connectivity index (χ1n) is 14.2. The van der Waals surface area contributed by atoms with Crippen molar-refractivity contribution in [3.8, 4) is 33.5 Å². The molecule has 0 atom stereocenters. The minimum atomic E-state index is 1.01. The lowest BCUT2D eigenvalue weighted by Crippen LogP contribution is -2.10. The van der Waals surface area contributed by atoms with Gasteiger partial charge in [-0.3, -0.25) is 4.98 Å². The topological polar surface area (TPSA) is 16.1 Å². The Morgan fingerprint density at radius 3 is 2.10 bits per heavy atom. The van der Waals surface area contributed by atoms with Gasteiger partial charge in [-0.15, -0.1) is 11.3 Å². The van der Waals surface area contributed by atoms with Gasteiger partial charge in [0.05, 0.1) is 17.1 Å². The number of anilines is 3. The number of pyridine rings is 1. The Balaban J connectivity index is 1.31. The third kappa shape index (κ3) is 3.41. The van der Waals surface area contributed by atoms with Crippen LogP contribution in [0.1, 0.15) is 0 Å². The van der Waals surface area contributed by atoms with Crippen molar-refractivity contribution in [3.63, 3.8) is 0 Å². The van der Waals surface area contributed by atoms with Crippen molar-refractivity contribution >= 4 is 59.3 Å². The zero-order valence-electron chi connectivity index (χ0n) is 22.7. The molecule has 0 fully saturated rings. The first-order chi connectivity index (χ1) is 20.8. The van der Waals surface area contributed by atoms with E-state index < -0.39 is 0 Å². The van der Waals surface area contributed by atoms with E-state index in [0.717, 1.165) is 16.9 Å². The molecule has 6 aromatic carbocycles. The summed E-state index contributed by atoms with van der Waals surface area (Å²) >= 11 is 1.89. The second-order valence-corrected chi connectivity index (χ2v) is 11.8. The lowest BCUT2D eigenvalue weighted by Gasteiger charge is -2.27. The number of para-hydroxylation sites is 1. The Morgan fingerprint density at radius 1 is 0.500 bits per heavy atom. The van der Waals surface area contributed by atoms with Gasteiger partial charge in [-0.25, -0.2) is 0 Å². The van der Waals surface area contributed by atoms with Gasteiger partial charge in [-0.1, -0.05) is 103 Å². The normalized spacial score (nSPS) is 12.2. The number of benzene rings is 6. The quantitative estimate of drug-likeness (QED) is 0.212. The summed E-state index contributed by atoms with van der Waals surface area (Å²) in [5, 5.41) is 5.00. The van der Waals surface area contributed by atoms with E-state index in [0.29, 0.717) is 0 Å². The smallest absolute Gasteiger partial charge is 0.0780 e. The molecule has 0 aliphatic carbocycles. The predicted octanol–water partition coefficient (Wildman–Crippen LogP) is 11.4. The average molecular weight is 553 g/mol. The van der Waals surface area contributed by atoms with Crippen molar-refractivity contribution in [2.24, 2.45) is 0 Å². The number of hydrogen-bond acceptors (Lipinski definition) is 3. The van der Waals surface area contributed by atoms with E-state index in [1.807, 2.05) is 17.5 Å². The van der Waals surface area contributed by atoms with Gasteiger partial charge in [-0.2, -0.15) is 0 Å². The first kappa shape index (κ1) is 23.5. The highest BCUT2D eigenvalue weighted by atomic mass is 32.1. The predicted molar refractivity (Wildman–Crippen MR) is 179 cm³/mol. The molecule has 0 spiro atoms. The first-order valence-corrected chi connectivity index (χ1v) is 15.0. The summed E-state index contributed by atoms with van der Waals surface area (Å²) in [5.41, 5.74) is 10.7. The van der Waals surface area contributed by atoms with Crippen LogP contribution in [-0.2, 0) is 0 Å². The van der Waals surface area contributed by atoms with Gasteiger partial charge in [0.25, 0.3) is 0 Å². The van der Waals surface area contributed by atoms with Crippen LogP contribution in [0.25, 0.3) is 64.5 Å². The Hall–Kier alpha value is -5.25. The monoisotopic (exact) mass is 552 g/mol. The molecule has 8 aromatic rings. The van der Waals surface area contributed by atoms with Gasteiger partial charge in [-0.05, 0) is 52.9 Å². The molecule has 2 nitrogen and oxygen atoms in total. The molecular weight excluding hydrogens is 529 g/mol. The van der Waals surface area contributed by atoms with Crippen molar-refractivity contribution in [2.75, 3.05) is 4.90 Å². The highest BCUT2D eigenvalue weighted by Gasteiger charge is 2.28. The Kier molecular flexibility index (Phi) is 5.10. The minimum Gasteiger partial charge on any atom is -0.309 e. The number of fused-ring (bicyclic) bond motifs is 10. The van der Waals surface area contributed by atoms with Crippen molar-refractivity contribution in [1.29, 1.82) is 0 Å². The van der Waals surface area contributed by atoms with Crippen LogP contribution in [0.15, 0.2) is 146 Å². The second-order valence-electron chi connectivity index (χ2n) is 10.8. The molecule has 3 heteroatoms. The number of nitrogens with zero attached hydrogens (tertiary/aromatic N) is 2. The Bertz CT molecular complexity index is 2310. The standard InChI is InChI=1S/C39H24N2S/c1-2-10-28-25(9-1)23-24-40-38(28)26-17-19-27(20-18-26)41-34-15-7-5-12-30(34)29-11-3-4-14-32(29)37-35(41)22-21-33-31-13-6-8-16-36(31)42-39(33)37/h1-24H. The van der Waals surface area contributed by atoms with E-state index in [4.69, 9.17) is 4.98 Å².